The fourth-order valence-corrected chi connectivity index (χ4v) is 15.8. The second-order valence-corrected chi connectivity index (χ2v) is 24.9. The number of rotatable bonds is 14. The van der Waals surface area contributed by atoms with Crippen LogP contribution < -0.4 is 10.0 Å². The van der Waals surface area contributed by atoms with Crippen molar-refractivity contribution in [1.29, 1.82) is 0 Å². The van der Waals surface area contributed by atoms with Crippen LogP contribution in [0.5, 0.6) is 0 Å². The van der Waals surface area contributed by atoms with E-state index in [0.717, 1.165) is 72.9 Å². The second kappa shape index (κ2) is 22.3. The molecule has 3 aromatic carbocycles. The number of carbonyl (C=O) groups is 2. The lowest BCUT2D eigenvalue weighted by molar-refractivity contribution is -0.150. The van der Waals surface area contributed by atoms with Gasteiger partial charge < -0.3 is 10.1 Å². The van der Waals surface area contributed by atoms with E-state index in [1.165, 1.54) is 59.7 Å². The monoisotopic (exact) mass is 1060 g/mol. The van der Waals surface area contributed by atoms with Gasteiger partial charge in [0.15, 0.2) is 21.3 Å². The third-order valence-electron chi connectivity index (χ3n) is 15.1. The lowest BCUT2D eigenvalue weighted by Gasteiger charge is -2.30. The molecular weight excluding hydrogens is 1000 g/mol. The fraction of sp³-hybridized carbons (Fsp3) is 0.472. The van der Waals surface area contributed by atoms with Crippen molar-refractivity contribution in [3.63, 3.8) is 0 Å². The zero-order valence-corrected chi connectivity index (χ0v) is 43.1. The molecule has 0 spiro atoms. The standard InChI is InChI=1S/C30H30F3N3O5S.C23H30FN3O2S2/c1-2-41-30(38)25-17-6-7-18(12-17)26(25)34-29(37)27-22-15-42(39,40)14-19(10-16-4-3-5-20(31)11-16)28(22)36(35-27)24-9-8-21(32)13-23(24)33;1-16(18-7-3-2-4-8-18)27-31(28,29)11-10-22-21-15-30-14-19(23(21)26-25-22)12-17-6-5-9-20(24)13-17/h3-5,8-9,11,13,17-19,25-26H,2,6-7,10,12,14-15H2,1H3,(H,34,37);5-6,9-11,13,16,18-19,27H,2-4,7-8,12,14-15H2,1H3,(H,25,26)/b;11-10+/t17?,18?,19-,25+,26-;16-,19?/m01/s1. The maximum absolute atomic E-state index is 15.1. The Kier molecular flexibility index (Phi) is 16.0. The number of hydrogen-bond donors (Lipinski definition) is 3. The molecule has 13 nitrogen and oxygen atoms in total. The molecule has 7 atom stereocenters. The Labute approximate surface area is 427 Å². The smallest absolute Gasteiger partial charge is 0.311 e. The van der Waals surface area contributed by atoms with Gasteiger partial charge in [0.2, 0.25) is 10.0 Å². The van der Waals surface area contributed by atoms with Gasteiger partial charge in [-0.3, -0.25) is 14.7 Å². The van der Waals surface area contributed by atoms with Crippen LogP contribution in [0.3, 0.4) is 0 Å². The van der Waals surface area contributed by atoms with Gasteiger partial charge in [-0.1, -0.05) is 43.5 Å². The van der Waals surface area contributed by atoms with Gasteiger partial charge in [0.05, 0.1) is 35.4 Å². The van der Waals surface area contributed by atoms with Crippen molar-refractivity contribution in [1.82, 2.24) is 30.0 Å². The highest BCUT2D eigenvalue weighted by molar-refractivity contribution is 7.98. The van der Waals surface area contributed by atoms with Crippen molar-refractivity contribution in [2.75, 3.05) is 18.1 Å². The molecule has 0 saturated heterocycles. The summed E-state index contributed by atoms with van der Waals surface area (Å²) in [5.41, 5.74) is 4.26. The van der Waals surface area contributed by atoms with Crippen LogP contribution in [-0.4, -0.2) is 78.9 Å². The molecule has 3 fully saturated rings. The summed E-state index contributed by atoms with van der Waals surface area (Å²) in [4.78, 5) is 26.6. The van der Waals surface area contributed by atoms with Gasteiger partial charge in [-0.25, -0.2) is 43.8 Å². The highest BCUT2D eigenvalue weighted by Gasteiger charge is 2.52. The molecule has 390 valence electrons. The summed E-state index contributed by atoms with van der Waals surface area (Å²) in [6.07, 6.45) is 10.6. The van der Waals surface area contributed by atoms with Crippen LogP contribution in [0.2, 0.25) is 0 Å². The van der Waals surface area contributed by atoms with Crippen LogP contribution >= 0.6 is 11.8 Å². The van der Waals surface area contributed by atoms with Crippen LogP contribution in [0.15, 0.2) is 72.1 Å². The van der Waals surface area contributed by atoms with Crippen LogP contribution in [0.25, 0.3) is 11.8 Å². The molecule has 1 amide bonds. The number of thioether (sulfide) groups is 1. The molecule has 2 aliphatic heterocycles. The molecule has 3 N–H and O–H groups in total. The summed E-state index contributed by atoms with van der Waals surface area (Å²) < 4.78 is 117. The van der Waals surface area contributed by atoms with E-state index >= 15 is 4.39 Å². The summed E-state index contributed by atoms with van der Waals surface area (Å²) in [5, 5.41) is 16.1. The van der Waals surface area contributed by atoms with Crippen molar-refractivity contribution in [2.45, 2.75) is 113 Å². The molecule has 2 bridgehead atoms. The molecule has 3 aliphatic carbocycles. The number of aromatic amines is 1. The number of H-pyrrole nitrogens is 1. The van der Waals surface area contributed by atoms with Gasteiger partial charge in [-0.2, -0.15) is 22.0 Å². The highest BCUT2D eigenvalue weighted by Crippen LogP contribution is 2.49. The van der Waals surface area contributed by atoms with E-state index in [2.05, 4.69) is 25.3 Å². The summed E-state index contributed by atoms with van der Waals surface area (Å²) in [6, 6.07) is 14.7. The predicted octanol–water partition coefficient (Wildman–Crippen LogP) is 9.23. The number of sulfonamides is 1. The molecule has 4 heterocycles. The number of amides is 1. The number of nitrogens with zero attached hydrogens (tertiary/aromatic N) is 3. The molecule has 3 unspecified atom stereocenters. The van der Waals surface area contributed by atoms with Gasteiger partial charge in [0, 0.05) is 63.7 Å². The molecular formula is C53H60F4N6O7S3. The van der Waals surface area contributed by atoms with E-state index in [-0.39, 0.29) is 71.3 Å². The summed E-state index contributed by atoms with van der Waals surface area (Å²) in [7, 11) is -7.27. The number of fused-ring (bicyclic) bond motifs is 4. The molecule has 3 saturated carbocycles. The Morgan fingerprint density at radius 1 is 0.904 bits per heavy atom. The normalized spacial score (nSPS) is 23.8. The number of sulfone groups is 1. The molecule has 5 aliphatic rings. The van der Waals surface area contributed by atoms with Gasteiger partial charge in [0.25, 0.3) is 5.91 Å². The Bertz CT molecular complexity index is 3100. The van der Waals surface area contributed by atoms with Crippen LogP contribution in [0, 0.1) is 46.9 Å². The first-order valence-corrected chi connectivity index (χ1v) is 29.6. The minimum Gasteiger partial charge on any atom is -0.466 e. The first kappa shape index (κ1) is 52.5. The van der Waals surface area contributed by atoms with Crippen molar-refractivity contribution in [3.8, 4) is 5.69 Å². The number of halogens is 4. The van der Waals surface area contributed by atoms with E-state index in [9.17, 15) is 39.6 Å². The summed E-state index contributed by atoms with van der Waals surface area (Å²) in [5.74, 6) is -3.23. The average molecular weight is 1070 g/mol. The third kappa shape index (κ3) is 12.1. The molecule has 20 heteroatoms. The topological polar surface area (TPSA) is 182 Å². The van der Waals surface area contributed by atoms with Gasteiger partial charge in [-0.15, -0.1) is 0 Å². The Hall–Kier alpha value is -5.31. The van der Waals surface area contributed by atoms with Crippen molar-refractivity contribution < 1.29 is 48.7 Å². The van der Waals surface area contributed by atoms with Crippen LogP contribution in [-0.2, 0) is 53.7 Å². The van der Waals surface area contributed by atoms with Crippen molar-refractivity contribution >= 4 is 49.6 Å². The Balaban J connectivity index is 0.000000188. The van der Waals surface area contributed by atoms with E-state index in [4.69, 9.17) is 4.74 Å². The van der Waals surface area contributed by atoms with Crippen LogP contribution in [0.4, 0.5) is 17.6 Å². The number of nitrogens with one attached hydrogen (secondary N) is 3. The van der Waals surface area contributed by atoms with E-state index < -0.39 is 66.8 Å². The number of hydrogen-bond acceptors (Lipinski definition) is 10. The molecule has 0 radical (unpaired) electrons. The molecule has 73 heavy (non-hydrogen) atoms. The highest BCUT2D eigenvalue weighted by atomic mass is 32.2. The molecule has 5 aromatic rings. The molecule has 2 aromatic heterocycles. The SMILES string of the molecule is CCOC(=O)[C@@H]1C2CCC(C2)[C@@H]1NC(=O)c1nn(-c2ccc(F)cc2F)c2c1CS(=O)(=O)C[C@@H]2Cc1cccc(F)c1.C[C@@H](NS(=O)(=O)/C=C/c1n[nH]c2c1CSCC2Cc1cccc(F)c1)C1CCCCC1. The summed E-state index contributed by atoms with van der Waals surface area (Å²) in [6.45, 7) is 3.89. The fourth-order valence-electron chi connectivity index (χ4n) is 11.8. The zero-order chi connectivity index (χ0) is 51.6. The quantitative estimate of drug-likeness (QED) is 0.0716. The lowest BCUT2D eigenvalue weighted by atomic mass is 9.84. The predicted molar refractivity (Wildman–Crippen MR) is 271 cm³/mol. The number of aromatic nitrogens is 4. The van der Waals surface area contributed by atoms with Gasteiger partial charge in [-0.05, 0) is 130 Å². The Morgan fingerprint density at radius 3 is 2.27 bits per heavy atom. The van der Waals surface area contributed by atoms with E-state index in [1.54, 1.807) is 43.0 Å². The third-order valence-corrected chi connectivity index (χ3v) is 19.1. The molecule has 10 rings (SSSR count). The maximum atomic E-state index is 15.1. The second-order valence-electron chi connectivity index (χ2n) is 20.1. The first-order valence-electron chi connectivity index (χ1n) is 25.0. The average Bonchev–Trinajstić information content (AvgIpc) is 4.15. The van der Waals surface area contributed by atoms with Crippen molar-refractivity contribution in [2.24, 2.45) is 23.7 Å². The minimum atomic E-state index is -3.74. The van der Waals surface area contributed by atoms with E-state index in [1.807, 2.05) is 13.0 Å². The number of ether oxygens (including phenoxy) is 1. The van der Waals surface area contributed by atoms with Crippen LogP contribution in [0.1, 0.15) is 127 Å². The lowest BCUT2D eigenvalue weighted by Crippen LogP contribution is -2.47. The zero-order valence-electron chi connectivity index (χ0n) is 40.7. The van der Waals surface area contributed by atoms with Gasteiger partial charge >= 0.3 is 5.97 Å². The number of benzene rings is 3. The first-order chi connectivity index (χ1) is 35.0. The van der Waals surface area contributed by atoms with Crippen molar-refractivity contribution in [3.05, 3.63) is 140 Å². The maximum Gasteiger partial charge on any atom is 0.311 e. The Morgan fingerprint density at radius 2 is 1.59 bits per heavy atom. The van der Waals surface area contributed by atoms with Gasteiger partial charge in [0.1, 0.15) is 23.1 Å². The largest absolute Gasteiger partial charge is 0.466 e. The number of esters is 1. The number of carbonyl (C=O) groups excluding carboxylic acids is 2. The van der Waals surface area contributed by atoms with E-state index in [0.29, 0.717) is 28.9 Å². The minimum absolute atomic E-state index is 0.0604. The summed E-state index contributed by atoms with van der Waals surface area (Å²) >= 11 is 1.80.